The number of aliphatic hydroxyl groups is 1. The summed E-state index contributed by atoms with van der Waals surface area (Å²) in [5.74, 6) is 1.85. The van der Waals surface area contributed by atoms with E-state index in [9.17, 15) is 9.90 Å². The lowest BCUT2D eigenvalue weighted by atomic mass is 9.72. The largest absolute Gasteiger partial charge is 0.497 e. The van der Waals surface area contributed by atoms with Crippen LogP contribution in [0.25, 0.3) is 0 Å². The number of piperidine rings is 3. The Morgan fingerprint density at radius 3 is 3.04 bits per heavy atom. The number of carbonyl (C=O) groups is 1. The highest BCUT2D eigenvalue weighted by molar-refractivity contribution is 5.82. The van der Waals surface area contributed by atoms with Crippen molar-refractivity contribution in [3.05, 3.63) is 47.8 Å². The second kappa shape index (κ2) is 6.46. The van der Waals surface area contributed by atoms with Crippen molar-refractivity contribution >= 4 is 5.91 Å². The molecule has 0 aromatic rings. The lowest BCUT2D eigenvalue weighted by Crippen LogP contribution is -2.58. The number of hydrogen-bond donors (Lipinski definition) is 2. The molecule has 5 rings (SSSR count). The van der Waals surface area contributed by atoms with Crippen LogP contribution in [0.5, 0.6) is 0 Å². The van der Waals surface area contributed by atoms with Crippen molar-refractivity contribution in [2.24, 2.45) is 11.8 Å². The fraction of sp³-hybridized carbons (Fsp3) is 0.550. The number of nitrogens with zero attached hydrogens (tertiary/aromatic N) is 1. The summed E-state index contributed by atoms with van der Waals surface area (Å²) in [5.41, 5.74) is 1.83. The summed E-state index contributed by atoms with van der Waals surface area (Å²) in [6.45, 7) is 5.95. The molecule has 1 aliphatic carbocycles. The van der Waals surface area contributed by atoms with Crippen LogP contribution in [0.4, 0.5) is 0 Å². The average Bonchev–Trinajstić information content (AvgIpc) is 2.66. The minimum Gasteiger partial charge on any atom is -0.497 e. The van der Waals surface area contributed by atoms with Gasteiger partial charge in [-0.15, -0.1) is 6.58 Å². The molecule has 3 fully saturated rings. The minimum absolute atomic E-state index is 0.0262. The molecule has 5 heteroatoms. The van der Waals surface area contributed by atoms with Crippen LogP contribution in [0, 0.1) is 11.8 Å². The van der Waals surface area contributed by atoms with Gasteiger partial charge in [0.05, 0.1) is 25.7 Å². The number of amides is 1. The Labute approximate surface area is 148 Å². The lowest BCUT2D eigenvalue weighted by Gasteiger charge is -2.51. The van der Waals surface area contributed by atoms with Gasteiger partial charge in [0.25, 0.3) is 0 Å². The molecule has 1 unspecified atom stereocenters. The molecule has 5 aliphatic rings. The quantitative estimate of drug-likeness (QED) is 0.761. The molecule has 2 bridgehead atoms. The van der Waals surface area contributed by atoms with E-state index >= 15 is 0 Å². The Balaban J connectivity index is 1.64. The molecule has 0 radical (unpaired) electrons. The van der Waals surface area contributed by atoms with Crippen molar-refractivity contribution in [2.75, 3.05) is 20.2 Å². The Hall–Kier alpha value is -1.85. The van der Waals surface area contributed by atoms with E-state index in [1.807, 2.05) is 18.2 Å². The second-order valence-corrected chi connectivity index (χ2v) is 7.50. The Morgan fingerprint density at radius 1 is 1.52 bits per heavy atom. The third kappa shape index (κ3) is 2.85. The predicted molar refractivity (Wildman–Crippen MR) is 95.6 cm³/mol. The number of hydrogen-bond acceptors (Lipinski definition) is 4. The number of allylic oxidation sites excluding steroid dienone is 1. The van der Waals surface area contributed by atoms with E-state index in [0.717, 1.165) is 36.4 Å². The predicted octanol–water partition coefficient (Wildman–Crippen LogP) is 1.53. The molecule has 6 atom stereocenters. The van der Waals surface area contributed by atoms with Crippen molar-refractivity contribution in [2.45, 2.75) is 37.5 Å². The van der Waals surface area contributed by atoms with Gasteiger partial charge in [-0.05, 0) is 54.5 Å². The minimum atomic E-state index is -0.613. The normalized spacial score (nSPS) is 37.9. The number of methoxy groups -OCH3 is 1. The van der Waals surface area contributed by atoms with Crippen LogP contribution >= 0.6 is 0 Å². The molecular weight excluding hydrogens is 316 g/mol. The van der Waals surface area contributed by atoms with Crippen molar-refractivity contribution in [3.8, 4) is 0 Å². The smallest absolute Gasteiger partial charge is 0.224 e. The number of ether oxygens (including phenoxy) is 1. The number of carbonyl (C=O) groups excluding carboxylic acids is 1. The molecule has 25 heavy (non-hydrogen) atoms. The molecule has 0 aromatic heterocycles. The van der Waals surface area contributed by atoms with Crippen LogP contribution in [0.3, 0.4) is 0 Å². The summed E-state index contributed by atoms with van der Waals surface area (Å²) in [4.78, 5) is 14.5. The third-order valence-electron chi connectivity index (χ3n) is 6.24. The van der Waals surface area contributed by atoms with Crippen LogP contribution in [0.1, 0.15) is 19.3 Å². The van der Waals surface area contributed by atoms with Gasteiger partial charge in [0.1, 0.15) is 5.76 Å². The summed E-state index contributed by atoms with van der Waals surface area (Å²) in [6, 6.07) is -0.0733. The highest BCUT2D eigenvalue weighted by Gasteiger charge is 2.44. The number of fused-ring (bicyclic) bond motifs is 4. The molecular formula is C20H26N2O3. The summed E-state index contributed by atoms with van der Waals surface area (Å²) in [5, 5.41) is 14.2. The first-order valence-electron chi connectivity index (χ1n) is 9.11. The second-order valence-electron chi connectivity index (χ2n) is 7.50. The van der Waals surface area contributed by atoms with Gasteiger partial charge >= 0.3 is 0 Å². The summed E-state index contributed by atoms with van der Waals surface area (Å²) in [6.07, 6.45) is 9.59. The maximum atomic E-state index is 12.2. The zero-order chi connectivity index (χ0) is 17.6. The van der Waals surface area contributed by atoms with E-state index < -0.39 is 6.10 Å². The zero-order valence-electron chi connectivity index (χ0n) is 14.6. The molecule has 4 aliphatic heterocycles. The molecule has 5 nitrogen and oxygen atoms in total. The molecule has 3 saturated heterocycles. The molecule has 0 saturated carbocycles. The van der Waals surface area contributed by atoms with Gasteiger partial charge < -0.3 is 15.2 Å². The van der Waals surface area contributed by atoms with Crippen molar-refractivity contribution in [1.82, 2.24) is 10.2 Å². The molecule has 4 heterocycles. The Bertz CT molecular complexity index is 678. The van der Waals surface area contributed by atoms with Crippen LogP contribution in [0.15, 0.2) is 47.8 Å². The molecule has 2 N–H and O–H groups in total. The highest BCUT2D eigenvalue weighted by Crippen LogP contribution is 2.40. The van der Waals surface area contributed by atoms with Crippen LogP contribution in [0.2, 0.25) is 0 Å². The molecule has 0 spiro atoms. The van der Waals surface area contributed by atoms with Crippen LogP contribution < -0.4 is 5.32 Å². The summed E-state index contributed by atoms with van der Waals surface area (Å²) >= 11 is 0. The van der Waals surface area contributed by atoms with E-state index in [4.69, 9.17) is 4.74 Å². The monoisotopic (exact) mass is 342 g/mol. The Morgan fingerprint density at radius 2 is 2.36 bits per heavy atom. The molecule has 1 amide bonds. The topological polar surface area (TPSA) is 61.8 Å². The van der Waals surface area contributed by atoms with Crippen molar-refractivity contribution < 1.29 is 14.6 Å². The van der Waals surface area contributed by atoms with Crippen molar-refractivity contribution in [1.29, 1.82) is 0 Å². The summed E-state index contributed by atoms with van der Waals surface area (Å²) in [7, 11) is 1.63. The van der Waals surface area contributed by atoms with Gasteiger partial charge in [-0.3, -0.25) is 9.69 Å². The van der Waals surface area contributed by atoms with Gasteiger partial charge in [-0.2, -0.15) is 0 Å². The first-order valence-corrected chi connectivity index (χ1v) is 9.11. The molecule has 134 valence electrons. The van der Waals surface area contributed by atoms with Gasteiger partial charge in [0, 0.05) is 12.6 Å². The van der Waals surface area contributed by atoms with Crippen molar-refractivity contribution in [3.63, 3.8) is 0 Å². The van der Waals surface area contributed by atoms with Gasteiger partial charge in [-0.25, -0.2) is 0 Å². The van der Waals surface area contributed by atoms with Gasteiger partial charge in [-0.1, -0.05) is 12.2 Å². The SMILES string of the molecule is C=C[C@H]1CN2CC[C@@H]1C[C@H]2[C@H](O)C1=C2C=C(OC)C=C[C@H]2NC(=O)C1. The molecule has 0 aromatic carbocycles. The fourth-order valence-electron chi connectivity index (χ4n) is 4.84. The fourth-order valence-corrected chi connectivity index (χ4v) is 4.84. The average molecular weight is 342 g/mol. The zero-order valence-corrected chi connectivity index (χ0v) is 14.6. The van der Waals surface area contributed by atoms with E-state index in [-0.39, 0.29) is 24.4 Å². The first-order chi connectivity index (χ1) is 12.1. The standard InChI is InChI=1S/C20H26N2O3/c1-3-12-11-22-7-6-13(12)8-18(22)20(24)16-10-19(23)21-17-5-4-14(25-2)9-15(16)17/h3-5,9,12-13,17-18,20,24H,1,6-8,10-11H2,2H3,(H,21,23)/t12-,13+,17+,18-,20+/m0/s1. The van der Waals surface area contributed by atoms with E-state index in [1.165, 1.54) is 6.42 Å². The lowest BCUT2D eigenvalue weighted by molar-refractivity contribution is -0.121. The van der Waals surface area contributed by atoms with Crippen LogP contribution in [-0.4, -0.2) is 54.3 Å². The third-order valence-corrected chi connectivity index (χ3v) is 6.24. The van der Waals surface area contributed by atoms with Gasteiger partial charge in [0.15, 0.2) is 0 Å². The van der Waals surface area contributed by atoms with E-state index in [1.54, 1.807) is 7.11 Å². The highest BCUT2D eigenvalue weighted by atomic mass is 16.5. The van der Waals surface area contributed by atoms with Crippen LogP contribution in [-0.2, 0) is 9.53 Å². The number of rotatable bonds is 4. The number of nitrogens with one attached hydrogen (secondary N) is 1. The van der Waals surface area contributed by atoms with Gasteiger partial charge in [0.2, 0.25) is 5.91 Å². The van der Waals surface area contributed by atoms with E-state index in [0.29, 0.717) is 11.8 Å². The maximum Gasteiger partial charge on any atom is 0.224 e. The number of aliphatic hydroxyl groups excluding tert-OH is 1. The maximum absolute atomic E-state index is 12.2. The Kier molecular flexibility index (Phi) is 4.29. The first kappa shape index (κ1) is 16.6. The summed E-state index contributed by atoms with van der Waals surface area (Å²) < 4.78 is 5.34. The van der Waals surface area contributed by atoms with E-state index in [2.05, 4.69) is 22.9 Å².